The van der Waals surface area contributed by atoms with E-state index in [1.54, 1.807) is 4.90 Å². The summed E-state index contributed by atoms with van der Waals surface area (Å²) in [6.45, 7) is 7.74. The van der Waals surface area contributed by atoms with E-state index in [-0.39, 0.29) is 12.0 Å². The van der Waals surface area contributed by atoms with Crippen LogP contribution in [0.4, 0.5) is 4.79 Å². The quantitative estimate of drug-likeness (QED) is 0.791. The molecule has 1 saturated heterocycles. The third kappa shape index (κ3) is 5.05. The second-order valence-corrected chi connectivity index (χ2v) is 9.14. The van der Waals surface area contributed by atoms with Gasteiger partial charge in [-0.2, -0.15) is 0 Å². The molecule has 0 spiro atoms. The molecule has 2 fully saturated rings. The summed E-state index contributed by atoms with van der Waals surface area (Å²) in [5.74, 6) is 0.510. The number of hydrogen-bond donors (Lipinski definition) is 1. The van der Waals surface area contributed by atoms with Crippen molar-refractivity contribution in [3.8, 4) is 0 Å². The van der Waals surface area contributed by atoms with Gasteiger partial charge in [-0.05, 0) is 33.6 Å². The molecule has 0 bridgehead atoms. The van der Waals surface area contributed by atoms with Crippen LogP contribution < -0.4 is 5.32 Å². The van der Waals surface area contributed by atoms with Gasteiger partial charge in [-0.15, -0.1) is 0 Å². The van der Waals surface area contributed by atoms with Gasteiger partial charge in [0.05, 0.1) is 17.8 Å². The number of amides is 2. The fraction of sp³-hybridized carbons (Fsp3) is 0.833. The van der Waals surface area contributed by atoms with Crippen LogP contribution in [0.5, 0.6) is 0 Å². The molecule has 146 valence electrons. The monoisotopic (exact) mass is 382 g/mol. The van der Waals surface area contributed by atoms with Crippen molar-refractivity contribution in [2.24, 2.45) is 4.99 Å². The summed E-state index contributed by atoms with van der Waals surface area (Å²) in [4.78, 5) is 32.8. The molecule has 8 heteroatoms. The Morgan fingerprint density at radius 3 is 2.46 bits per heavy atom. The lowest BCUT2D eigenvalue weighted by molar-refractivity contribution is -0.130. The largest absolute Gasteiger partial charge is 0.444 e. The van der Waals surface area contributed by atoms with Gasteiger partial charge in [-0.25, -0.2) is 4.79 Å². The third-order valence-corrected chi connectivity index (χ3v) is 5.83. The molecule has 26 heavy (non-hydrogen) atoms. The van der Waals surface area contributed by atoms with Crippen LogP contribution in [-0.2, 0) is 9.53 Å². The average molecular weight is 383 g/mol. The average Bonchev–Trinajstić information content (AvgIpc) is 3.01. The molecule has 0 aromatic heterocycles. The summed E-state index contributed by atoms with van der Waals surface area (Å²) < 4.78 is 5.39. The molecule has 2 heterocycles. The van der Waals surface area contributed by atoms with Crippen molar-refractivity contribution in [2.75, 3.05) is 31.9 Å². The molecule has 1 aliphatic carbocycles. The number of carbonyl (C=O) groups excluding carboxylic acids is 2. The molecule has 1 N–H and O–H groups in total. The zero-order valence-electron chi connectivity index (χ0n) is 16.0. The Morgan fingerprint density at radius 2 is 1.81 bits per heavy atom. The minimum Gasteiger partial charge on any atom is -0.444 e. The predicted octanol–water partition coefficient (Wildman–Crippen LogP) is 2.07. The van der Waals surface area contributed by atoms with E-state index in [0.29, 0.717) is 44.0 Å². The Kier molecular flexibility index (Phi) is 5.99. The van der Waals surface area contributed by atoms with Gasteiger partial charge in [0.25, 0.3) is 0 Å². The smallest absolute Gasteiger partial charge is 0.410 e. The van der Waals surface area contributed by atoms with Crippen LogP contribution in [0.2, 0.25) is 0 Å². The van der Waals surface area contributed by atoms with Crippen molar-refractivity contribution in [1.29, 1.82) is 0 Å². The fourth-order valence-electron chi connectivity index (χ4n) is 3.55. The van der Waals surface area contributed by atoms with Crippen molar-refractivity contribution < 1.29 is 14.3 Å². The molecule has 3 aliphatic rings. The van der Waals surface area contributed by atoms with E-state index in [0.717, 1.165) is 11.6 Å². The number of nitrogens with one attached hydrogen (secondary N) is 1. The van der Waals surface area contributed by atoms with Crippen LogP contribution in [0.1, 0.15) is 46.5 Å². The minimum absolute atomic E-state index is 0.109. The highest BCUT2D eigenvalue weighted by molar-refractivity contribution is 8.14. The maximum absolute atomic E-state index is 12.5. The van der Waals surface area contributed by atoms with Crippen molar-refractivity contribution in [1.82, 2.24) is 15.1 Å². The lowest BCUT2D eigenvalue weighted by Crippen LogP contribution is -2.52. The van der Waals surface area contributed by atoms with Crippen LogP contribution >= 0.6 is 11.8 Å². The number of rotatable bonds is 2. The highest BCUT2D eigenvalue weighted by Crippen LogP contribution is 2.27. The molecule has 0 radical (unpaired) electrons. The summed E-state index contributed by atoms with van der Waals surface area (Å²) in [5, 5.41) is 4.39. The minimum atomic E-state index is -0.493. The number of amidine groups is 1. The molecule has 0 aromatic carbocycles. The summed E-state index contributed by atoms with van der Waals surface area (Å²) in [7, 11) is 0. The van der Waals surface area contributed by atoms with Gasteiger partial charge in [-0.1, -0.05) is 24.6 Å². The van der Waals surface area contributed by atoms with Crippen molar-refractivity contribution in [3.05, 3.63) is 0 Å². The summed E-state index contributed by atoms with van der Waals surface area (Å²) >= 11 is 1.51. The zero-order chi connectivity index (χ0) is 18.7. The Labute approximate surface area is 159 Å². The molecule has 3 rings (SSSR count). The Balaban J connectivity index is 1.39. The van der Waals surface area contributed by atoms with Gasteiger partial charge in [0.1, 0.15) is 5.60 Å². The molecule has 2 aliphatic heterocycles. The SMILES string of the molecule is CC(C)(C)OC(=O)N1CCN(C(=O)CSC2=N[C@H]3CCCC[C@@H]3N2)CC1. The first kappa shape index (κ1) is 19.3. The Morgan fingerprint density at radius 1 is 1.15 bits per heavy atom. The normalized spacial score (nSPS) is 26.0. The van der Waals surface area contributed by atoms with Crippen molar-refractivity contribution in [2.45, 2.75) is 64.1 Å². The van der Waals surface area contributed by atoms with Crippen LogP contribution in [0, 0.1) is 0 Å². The lowest BCUT2D eigenvalue weighted by Gasteiger charge is -2.35. The third-order valence-electron chi connectivity index (χ3n) is 4.94. The fourth-order valence-corrected chi connectivity index (χ4v) is 4.43. The number of ether oxygens (including phenoxy) is 1. The molecule has 1 saturated carbocycles. The van der Waals surface area contributed by atoms with E-state index < -0.39 is 5.60 Å². The van der Waals surface area contributed by atoms with Crippen molar-refractivity contribution in [3.63, 3.8) is 0 Å². The van der Waals surface area contributed by atoms with Gasteiger partial charge in [0.15, 0.2) is 5.17 Å². The maximum atomic E-state index is 12.5. The van der Waals surface area contributed by atoms with Gasteiger partial charge in [0.2, 0.25) is 5.91 Å². The first-order chi connectivity index (χ1) is 12.3. The highest BCUT2D eigenvalue weighted by Gasteiger charge is 2.32. The number of carbonyl (C=O) groups is 2. The van der Waals surface area contributed by atoms with E-state index in [1.807, 2.05) is 25.7 Å². The van der Waals surface area contributed by atoms with Gasteiger partial charge < -0.3 is 19.9 Å². The second-order valence-electron chi connectivity index (χ2n) is 8.17. The molecule has 2 amide bonds. The Hall–Kier alpha value is -1.44. The highest BCUT2D eigenvalue weighted by atomic mass is 32.2. The molecule has 0 aromatic rings. The van der Waals surface area contributed by atoms with Gasteiger partial charge in [-0.3, -0.25) is 9.79 Å². The first-order valence-electron chi connectivity index (χ1n) is 9.55. The maximum Gasteiger partial charge on any atom is 0.410 e. The van der Waals surface area contributed by atoms with Gasteiger partial charge in [0, 0.05) is 26.2 Å². The zero-order valence-corrected chi connectivity index (χ0v) is 16.8. The second kappa shape index (κ2) is 8.06. The number of hydrogen-bond acceptors (Lipinski definition) is 6. The van der Waals surface area contributed by atoms with E-state index in [2.05, 4.69) is 5.32 Å². The molecule has 0 unspecified atom stereocenters. The standard InChI is InChI=1S/C18H30N4O3S/c1-18(2,3)25-17(24)22-10-8-21(9-11-22)15(23)12-26-16-19-13-6-4-5-7-14(13)20-16/h13-14H,4-12H2,1-3H3,(H,19,20)/t13-,14-/m0/s1. The van der Waals surface area contributed by atoms with Crippen LogP contribution in [0.25, 0.3) is 0 Å². The lowest BCUT2D eigenvalue weighted by atomic mass is 9.92. The molecular weight excluding hydrogens is 352 g/mol. The van der Waals surface area contributed by atoms with Crippen LogP contribution in [-0.4, -0.2) is 76.6 Å². The topological polar surface area (TPSA) is 74.2 Å². The first-order valence-corrected chi connectivity index (χ1v) is 10.5. The molecular formula is C18H30N4O3S. The number of nitrogens with zero attached hydrogens (tertiary/aromatic N) is 3. The van der Waals surface area contributed by atoms with E-state index in [9.17, 15) is 9.59 Å². The Bertz CT molecular complexity index is 567. The summed E-state index contributed by atoms with van der Waals surface area (Å²) in [6.07, 6.45) is 4.56. The summed E-state index contributed by atoms with van der Waals surface area (Å²) in [6, 6.07) is 0.873. The van der Waals surface area contributed by atoms with Crippen LogP contribution in [0.15, 0.2) is 4.99 Å². The number of aliphatic imine (C=N–C) groups is 1. The van der Waals surface area contributed by atoms with E-state index >= 15 is 0 Å². The predicted molar refractivity (Wildman–Crippen MR) is 103 cm³/mol. The van der Waals surface area contributed by atoms with E-state index in [4.69, 9.17) is 9.73 Å². The summed E-state index contributed by atoms with van der Waals surface area (Å²) in [5.41, 5.74) is -0.493. The number of thioether (sulfide) groups is 1. The molecule has 2 atom stereocenters. The number of fused-ring (bicyclic) bond motifs is 1. The van der Waals surface area contributed by atoms with Gasteiger partial charge >= 0.3 is 6.09 Å². The number of piperazine rings is 1. The van der Waals surface area contributed by atoms with Crippen molar-refractivity contribution >= 4 is 28.9 Å². The van der Waals surface area contributed by atoms with E-state index in [1.165, 1.54) is 31.0 Å². The van der Waals surface area contributed by atoms with Crippen LogP contribution in [0.3, 0.4) is 0 Å². The molecule has 7 nitrogen and oxygen atoms in total.